The fourth-order valence-corrected chi connectivity index (χ4v) is 2.22. The molecule has 0 spiro atoms. The van der Waals surface area contributed by atoms with Gasteiger partial charge in [0.15, 0.2) is 0 Å². The van der Waals surface area contributed by atoms with E-state index in [1.807, 2.05) is 18.2 Å². The van der Waals surface area contributed by atoms with Crippen molar-refractivity contribution in [2.75, 3.05) is 5.73 Å². The Balaban J connectivity index is 2.14. The summed E-state index contributed by atoms with van der Waals surface area (Å²) in [6, 6.07) is 10.9. The number of anilines is 1. The van der Waals surface area contributed by atoms with Crippen LogP contribution in [-0.2, 0) is 6.61 Å². The molecule has 0 aliphatic carbocycles. The van der Waals surface area contributed by atoms with E-state index in [0.29, 0.717) is 28.1 Å². The van der Waals surface area contributed by atoms with E-state index < -0.39 is 0 Å². The molecule has 0 bridgehead atoms. The number of halogens is 3. The first kappa shape index (κ1) is 13.5. The predicted octanol–water partition coefficient (Wildman–Crippen LogP) is 4.92. The fraction of sp³-hybridized carbons (Fsp3) is 0.0769. The van der Waals surface area contributed by atoms with Crippen LogP contribution < -0.4 is 10.5 Å². The monoisotopic (exact) mass is 345 g/mol. The van der Waals surface area contributed by atoms with Crippen LogP contribution in [0.3, 0.4) is 0 Å². The van der Waals surface area contributed by atoms with Crippen molar-refractivity contribution in [3.63, 3.8) is 0 Å². The molecule has 2 nitrogen and oxygen atoms in total. The van der Waals surface area contributed by atoms with Crippen molar-refractivity contribution in [2.24, 2.45) is 0 Å². The molecule has 2 rings (SSSR count). The maximum atomic E-state index is 6.07. The predicted molar refractivity (Wildman–Crippen MR) is 79.3 cm³/mol. The van der Waals surface area contributed by atoms with E-state index in [-0.39, 0.29) is 0 Å². The van der Waals surface area contributed by atoms with Gasteiger partial charge in [0, 0.05) is 10.0 Å². The quantitative estimate of drug-likeness (QED) is 0.801. The number of nitrogen functional groups attached to an aromatic ring is 1. The molecule has 0 aliphatic heterocycles. The molecule has 0 aliphatic rings. The Labute approximate surface area is 124 Å². The van der Waals surface area contributed by atoms with Crippen LogP contribution >= 0.6 is 39.1 Å². The molecule has 2 N–H and O–H groups in total. The Morgan fingerprint density at radius 3 is 2.67 bits per heavy atom. The van der Waals surface area contributed by atoms with Gasteiger partial charge < -0.3 is 10.5 Å². The minimum Gasteiger partial charge on any atom is -0.487 e. The Morgan fingerprint density at radius 1 is 1.17 bits per heavy atom. The molecular weight excluding hydrogens is 337 g/mol. The molecule has 0 unspecified atom stereocenters. The summed E-state index contributed by atoms with van der Waals surface area (Å²) in [6.07, 6.45) is 0. The second kappa shape index (κ2) is 5.83. The molecule has 94 valence electrons. The second-order valence-corrected chi connectivity index (χ2v) is 5.38. The first-order chi connectivity index (χ1) is 8.58. The van der Waals surface area contributed by atoms with Gasteiger partial charge in [0.1, 0.15) is 12.4 Å². The maximum absolute atomic E-state index is 6.07. The van der Waals surface area contributed by atoms with Crippen molar-refractivity contribution in [3.8, 4) is 5.75 Å². The van der Waals surface area contributed by atoms with E-state index in [9.17, 15) is 0 Å². The van der Waals surface area contributed by atoms with Crippen LogP contribution in [-0.4, -0.2) is 0 Å². The summed E-state index contributed by atoms with van der Waals surface area (Å²) in [5.74, 6) is 0.620. The highest BCUT2D eigenvalue weighted by Gasteiger charge is 2.06. The number of rotatable bonds is 3. The van der Waals surface area contributed by atoms with Gasteiger partial charge in [-0.15, -0.1) is 0 Å². The third-order valence-corrected chi connectivity index (χ3v) is 3.74. The van der Waals surface area contributed by atoms with E-state index in [4.69, 9.17) is 33.7 Å². The maximum Gasteiger partial charge on any atom is 0.142 e. The van der Waals surface area contributed by atoms with Gasteiger partial charge in [-0.2, -0.15) is 0 Å². The van der Waals surface area contributed by atoms with Crippen LogP contribution in [0.1, 0.15) is 5.56 Å². The minimum atomic E-state index is 0.325. The standard InChI is InChI=1S/C13H10BrCl2NO/c14-9-4-5-12(11(17)6-9)18-7-8-2-1-3-10(15)13(8)16/h1-6H,7,17H2. The molecular formula is C13H10BrCl2NO. The first-order valence-electron chi connectivity index (χ1n) is 5.18. The zero-order chi connectivity index (χ0) is 13.1. The summed E-state index contributed by atoms with van der Waals surface area (Å²) in [5, 5.41) is 1.02. The third-order valence-electron chi connectivity index (χ3n) is 2.39. The van der Waals surface area contributed by atoms with Crippen molar-refractivity contribution >= 4 is 44.8 Å². The van der Waals surface area contributed by atoms with E-state index in [2.05, 4.69) is 15.9 Å². The topological polar surface area (TPSA) is 35.2 Å². The molecule has 0 radical (unpaired) electrons. The molecule has 0 saturated heterocycles. The van der Waals surface area contributed by atoms with Gasteiger partial charge in [-0.25, -0.2) is 0 Å². The van der Waals surface area contributed by atoms with Crippen LogP contribution in [0.5, 0.6) is 5.75 Å². The van der Waals surface area contributed by atoms with Crippen molar-refractivity contribution in [1.29, 1.82) is 0 Å². The van der Waals surface area contributed by atoms with Crippen LogP contribution in [0.2, 0.25) is 10.0 Å². The largest absolute Gasteiger partial charge is 0.487 e. The average molecular weight is 347 g/mol. The summed E-state index contributed by atoms with van der Waals surface area (Å²) in [4.78, 5) is 0. The van der Waals surface area contributed by atoms with Gasteiger partial charge >= 0.3 is 0 Å². The fourth-order valence-electron chi connectivity index (χ4n) is 1.47. The lowest BCUT2D eigenvalue weighted by atomic mass is 10.2. The van der Waals surface area contributed by atoms with Crippen LogP contribution in [0.4, 0.5) is 5.69 Å². The smallest absolute Gasteiger partial charge is 0.142 e. The molecule has 0 fully saturated rings. The number of nitrogens with two attached hydrogens (primary N) is 1. The van der Waals surface area contributed by atoms with Gasteiger partial charge in [0.2, 0.25) is 0 Å². The summed E-state index contributed by atoms with van der Waals surface area (Å²) >= 11 is 15.3. The number of hydrogen-bond donors (Lipinski definition) is 1. The normalized spacial score (nSPS) is 10.4. The molecule has 0 atom stereocenters. The number of hydrogen-bond acceptors (Lipinski definition) is 2. The lowest BCUT2D eigenvalue weighted by Crippen LogP contribution is -1.99. The van der Waals surface area contributed by atoms with Gasteiger partial charge in [0.05, 0.1) is 15.7 Å². The number of ether oxygens (including phenoxy) is 1. The van der Waals surface area contributed by atoms with Gasteiger partial charge in [0.25, 0.3) is 0 Å². The molecule has 5 heteroatoms. The molecule has 2 aromatic carbocycles. The van der Waals surface area contributed by atoms with Gasteiger partial charge in [-0.05, 0) is 24.3 Å². The highest BCUT2D eigenvalue weighted by atomic mass is 79.9. The van der Waals surface area contributed by atoms with Gasteiger partial charge in [-0.1, -0.05) is 51.3 Å². The summed E-state index contributed by atoms with van der Waals surface area (Å²) in [6.45, 7) is 0.325. The van der Waals surface area contributed by atoms with Crippen molar-refractivity contribution in [3.05, 3.63) is 56.5 Å². The molecule has 0 heterocycles. The van der Waals surface area contributed by atoms with E-state index in [0.717, 1.165) is 10.0 Å². The number of benzene rings is 2. The highest BCUT2D eigenvalue weighted by molar-refractivity contribution is 9.10. The molecule has 0 amide bonds. The Morgan fingerprint density at radius 2 is 1.94 bits per heavy atom. The van der Waals surface area contributed by atoms with Crippen LogP contribution in [0.15, 0.2) is 40.9 Å². The zero-order valence-corrected chi connectivity index (χ0v) is 12.4. The Bertz CT molecular complexity index is 575. The zero-order valence-electron chi connectivity index (χ0n) is 9.29. The lowest BCUT2D eigenvalue weighted by molar-refractivity contribution is 0.308. The summed E-state index contributed by atoms with van der Waals surface area (Å²) in [7, 11) is 0. The SMILES string of the molecule is Nc1cc(Br)ccc1OCc1cccc(Cl)c1Cl. The Hall–Kier alpha value is -0.900. The van der Waals surface area contributed by atoms with Crippen LogP contribution in [0, 0.1) is 0 Å². The Kier molecular flexibility index (Phi) is 4.38. The van der Waals surface area contributed by atoms with E-state index in [1.54, 1.807) is 18.2 Å². The van der Waals surface area contributed by atoms with E-state index >= 15 is 0 Å². The summed E-state index contributed by atoms with van der Waals surface area (Å²) < 4.78 is 6.54. The third kappa shape index (κ3) is 3.10. The second-order valence-electron chi connectivity index (χ2n) is 3.68. The summed E-state index contributed by atoms with van der Waals surface area (Å²) in [5.41, 5.74) is 7.24. The molecule has 18 heavy (non-hydrogen) atoms. The molecule has 2 aromatic rings. The minimum absolute atomic E-state index is 0.325. The van der Waals surface area contributed by atoms with Crippen molar-refractivity contribution < 1.29 is 4.74 Å². The lowest BCUT2D eigenvalue weighted by Gasteiger charge is -2.10. The van der Waals surface area contributed by atoms with E-state index in [1.165, 1.54) is 0 Å². The van der Waals surface area contributed by atoms with Crippen molar-refractivity contribution in [2.45, 2.75) is 6.61 Å². The first-order valence-corrected chi connectivity index (χ1v) is 6.73. The van der Waals surface area contributed by atoms with Gasteiger partial charge in [-0.3, -0.25) is 0 Å². The molecule has 0 aromatic heterocycles. The highest BCUT2D eigenvalue weighted by Crippen LogP contribution is 2.29. The van der Waals surface area contributed by atoms with Crippen molar-refractivity contribution in [1.82, 2.24) is 0 Å². The molecule has 0 saturated carbocycles. The van der Waals surface area contributed by atoms with Crippen LogP contribution in [0.25, 0.3) is 0 Å². The average Bonchev–Trinajstić information content (AvgIpc) is 2.33.